The van der Waals surface area contributed by atoms with Crippen molar-refractivity contribution < 1.29 is 30.5 Å². The molecule has 0 amide bonds. The van der Waals surface area contributed by atoms with Crippen LogP contribution in [0.25, 0.3) is 0 Å². The molecule has 0 aliphatic heterocycles. The van der Waals surface area contributed by atoms with Gasteiger partial charge in [-0.1, -0.05) is 0 Å². The minimum absolute atomic E-state index is 0. The van der Waals surface area contributed by atoms with E-state index in [0.29, 0.717) is 0 Å². The van der Waals surface area contributed by atoms with Crippen LogP contribution >= 0.6 is 69.6 Å². The molecule has 1 aliphatic carbocycles. The van der Waals surface area contributed by atoms with Crippen molar-refractivity contribution in [2.75, 3.05) is 0 Å². The normalized spacial score (nSPS) is 44.4. The second-order valence-corrected chi connectivity index (χ2v) is 5.69. The molecule has 91 valence electrons. The molecule has 15 heavy (non-hydrogen) atoms. The SMILES string of the molecule is ClC1C(Cl)C(Cl)C(Cl)C(Cl)C1Cl.F.N.[Sc]. The van der Waals surface area contributed by atoms with E-state index < -0.39 is 32.3 Å². The molecule has 1 fully saturated rings. The fourth-order valence-electron chi connectivity index (χ4n) is 1.05. The Morgan fingerprint density at radius 2 is 0.533 bits per heavy atom. The zero-order chi connectivity index (χ0) is 9.46. The second kappa shape index (κ2) is 9.43. The Bertz CT molecular complexity index is 119. The molecule has 0 aromatic heterocycles. The first-order valence-corrected chi connectivity index (χ1v) is 5.93. The minimum Gasteiger partial charge on any atom is -0.344 e. The molecule has 3 N–H and O–H groups in total. The van der Waals surface area contributed by atoms with Crippen LogP contribution in [-0.2, 0) is 25.8 Å². The Labute approximate surface area is 137 Å². The molecular weight excluding hydrogens is 363 g/mol. The van der Waals surface area contributed by atoms with Crippen LogP contribution < -0.4 is 6.15 Å². The molecule has 0 atom stereocenters. The monoisotopic (exact) mass is 370 g/mol. The van der Waals surface area contributed by atoms with Gasteiger partial charge in [0.05, 0.1) is 32.3 Å². The Hall–Kier alpha value is 2.50. The molecule has 1 radical (unpaired) electrons. The number of hydrogen-bond donors (Lipinski definition) is 1. The van der Waals surface area contributed by atoms with Crippen molar-refractivity contribution in [2.45, 2.75) is 32.3 Å². The number of rotatable bonds is 0. The van der Waals surface area contributed by atoms with Gasteiger partial charge in [-0.25, -0.2) is 0 Å². The molecule has 1 aliphatic rings. The first kappa shape index (κ1) is 22.7. The Morgan fingerprint density at radius 1 is 0.467 bits per heavy atom. The van der Waals surface area contributed by atoms with Gasteiger partial charge in [0.2, 0.25) is 0 Å². The van der Waals surface area contributed by atoms with E-state index in [1.165, 1.54) is 0 Å². The van der Waals surface area contributed by atoms with Crippen molar-refractivity contribution in [3.05, 3.63) is 0 Å². The van der Waals surface area contributed by atoms with Crippen LogP contribution in [0.4, 0.5) is 4.70 Å². The van der Waals surface area contributed by atoms with Gasteiger partial charge in [0, 0.05) is 25.8 Å². The summed E-state index contributed by atoms with van der Waals surface area (Å²) in [5.41, 5.74) is 0. The van der Waals surface area contributed by atoms with E-state index in [4.69, 9.17) is 69.6 Å². The average Bonchev–Trinajstić information content (AvgIpc) is 2.08. The maximum Gasteiger partial charge on any atom is 0.0693 e. The van der Waals surface area contributed by atoms with E-state index in [9.17, 15) is 0 Å². The summed E-state index contributed by atoms with van der Waals surface area (Å²) in [6.07, 6.45) is 0. The van der Waals surface area contributed by atoms with Gasteiger partial charge < -0.3 is 6.15 Å². The predicted molar refractivity (Wildman–Crippen MR) is 65.4 cm³/mol. The summed E-state index contributed by atoms with van der Waals surface area (Å²) in [5, 5.41) is -2.62. The van der Waals surface area contributed by atoms with E-state index in [1.54, 1.807) is 0 Å². The van der Waals surface area contributed by atoms with Crippen molar-refractivity contribution in [3.63, 3.8) is 0 Å². The smallest absolute Gasteiger partial charge is 0.0693 e. The molecule has 1 nitrogen and oxygen atoms in total. The van der Waals surface area contributed by atoms with Gasteiger partial charge in [-0.05, 0) is 0 Å². The van der Waals surface area contributed by atoms with E-state index in [0.717, 1.165) is 0 Å². The Balaban J connectivity index is -0.000000480. The molecule has 1 saturated carbocycles. The van der Waals surface area contributed by atoms with Crippen molar-refractivity contribution >= 4 is 69.6 Å². The summed E-state index contributed by atoms with van der Waals surface area (Å²) >= 11 is 35.3. The van der Waals surface area contributed by atoms with E-state index in [2.05, 4.69) is 0 Å². The first-order valence-electron chi connectivity index (χ1n) is 3.31. The van der Waals surface area contributed by atoms with E-state index >= 15 is 0 Å². The van der Waals surface area contributed by atoms with Gasteiger partial charge >= 0.3 is 0 Å². The Kier molecular flexibility index (Phi) is 14.3. The molecule has 1 rings (SSSR count). The van der Waals surface area contributed by atoms with Gasteiger partial charge in [-0.15, -0.1) is 69.6 Å². The van der Waals surface area contributed by atoms with Crippen LogP contribution in [0.1, 0.15) is 0 Å². The molecule has 0 unspecified atom stereocenters. The third kappa shape index (κ3) is 4.94. The summed E-state index contributed by atoms with van der Waals surface area (Å²) in [7, 11) is 0. The number of halogens is 7. The van der Waals surface area contributed by atoms with Gasteiger partial charge in [-0.2, -0.15) is 0 Å². The van der Waals surface area contributed by atoms with E-state index in [-0.39, 0.29) is 36.7 Å². The molecular formula is C6H10Cl6FNSc. The fourth-order valence-corrected chi connectivity index (χ4v) is 3.38. The molecule has 0 aromatic carbocycles. The molecule has 9 heteroatoms. The third-order valence-electron chi connectivity index (χ3n) is 1.83. The topological polar surface area (TPSA) is 35.0 Å². The maximum absolute atomic E-state index is 5.88. The second-order valence-electron chi connectivity index (χ2n) is 2.67. The van der Waals surface area contributed by atoms with Crippen LogP contribution in [0.2, 0.25) is 0 Å². The molecule has 0 spiro atoms. The standard InChI is InChI=1S/C6H6Cl6.FH.H3N.Sc/c7-1-2(8)4(10)6(12)5(11)3(1)9;;;/h1-6H;1H;1H3;. The summed E-state index contributed by atoms with van der Waals surface area (Å²) in [5.74, 6) is 0. The van der Waals surface area contributed by atoms with Crippen molar-refractivity contribution in [2.24, 2.45) is 0 Å². The largest absolute Gasteiger partial charge is 0.344 e. The third-order valence-corrected chi connectivity index (χ3v) is 5.86. The zero-order valence-corrected chi connectivity index (χ0v) is 13.8. The summed E-state index contributed by atoms with van der Waals surface area (Å²) in [4.78, 5) is 0. The minimum atomic E-state index is -0.437. The summed E-state index contributed by atoms with van der Waals surface area (Å²) in [6.45, 7) is 0. The average molecular weight is 373 g/mol. The Morgan fingerprint density at radius 3 is 0.600 bits per heavy atom. The fraction of sp³-hybridized carbons (Fsp3) is 1.00. The van der Waals surface area contributed by atoms with Crippen molar-refractivity contribution in [1.29, 1.82) is 0 Å². The molecule has 0 aromatic rings. The number of hydrogen-bond acceptors (Lipinski definition) is 1. The van der Waals surface area contributed by atoms with Crippen molar-refractivity contribution in [3.8, 4) is 0 Å². The van der Waals surface area contributed by atoms with Gasteiger partial charge in [0.25, 0.3) is 0 Å². The quantitative estimate of drug-likeness (QED) is 0.642. The van der Waals surface area contributed by atoms with Gasteiger partial charge in [0.15, 0.2) is 0 Å². The van der Waals surface area contributed by atoms with Crippen LogP contribution in [-0.4, -0.2) is 32.3 Å². The predicted octanol–water partition coefficient (Wildman–Crippen LogP) is 3.96. The van der Waals surface area contributed by atoms with Crippen LogP contribution in [0.15, 0.2) is 0 Å². The van der Waals surface area contributed by atoms with E-state index in [1.807, 2.05) is 0 Å². The maximum atomic E-state index is 5.88. The summed E-state index contributed by atoms with van der Waals surface area (Å²) < 4.78 is 0. The van der Waals surface area contributed by atoms with Gasteiger partial charge in [0.1, 0.15) is 0 Å². The van der Waals surface area contributed by atoms with Crippen LogP contribution in [0, 0.1) is 0 Å². The molecule has 0 bridgehead atoms. The summed E-state index contributed by atoms with van der Waals surface area (Å²) in [6, 6.07) is 0. The van der Waals surface area contributed by atoms with Crippen molar-refractivity contribution in [1.82, 2.24) is 6.15 Å². The molecule has 0 heterocycles. The van der Waals surface area contributed by atoms with Crippen LogP contribution in [0.5, 0.6) is 0 Å². The van der Waals surface area contributed by atoms with Crippen LogP contribution in [0.3, 0.4) is 0 Å². The first-order chi connectivity index (χ1) is 5.46. The zero-order valence-electron chi connectivity index (χ0n) is 7.42. The number of alkyl halides is 6. The van der Waals surface area contributed by atoms with Gasteiger partial charge in [-0.3, -0.25) is 4.70 Å². The molecule has 0 saturated heterocycles.